The zero-order chi connectivity index (χ0) is 13.5. The van der Waals surface area contributed by atoms with Crippen molar-refractivity contribution in [2.45, 2.75) is 10.8 Å². The quantitative estimate of drug-likeness (QED) is 0.366. The number of halogens is 1. The third kappa shape index (κ3) is 4.95. The molecule has 1 aromatic carbocycles. The van der Waals surface area contributed by atoms with Crippen molar-refractivity contribution in [3.8, 4) is 5.75 Å². The third-order valence-corrected chi connectivity index (χ3v) is 2.45. The molecule has 0 aliphatic carbocycles. The van der Waals surface area contributed by atoms with Crippen LogP contribution >= 0.6 is 22.6 Å². The van der Waals surface area contributed by atoms with Crippen LogP contribution in [0.25, 0.3) is 6.08 Å². The SMILES string of the molecule is CO/C(=C\c1ccc(OCC(C)I)cc1)C(=O)O. The van der Waals surface area contributed by atoms with Gasteiger partial charge >= 0.3 is 5.97 Å². The zero-order valence-corrected chi connectivity index (χ0v) is 12.4. The lowest BCUT2D eigenvalue weighted by molar-refractivity contribution is -0.135. The van der Waals surface area contributed by atoms with Gasteiger partial charge < -0.3 is 14.6 Å². The first kappa shape index (κ1) is 14.8. The Balaban J connectivity index is 2.73. The first-order valence-electron chi connectivity index (χ1n) is 5.39. The molecular formula is C13H15IO4. The number of aliphatic carboxylic acids is 1. The van der Waals surface area contributed by atoms with Gasteiger partial charge in [-0.3, -0.25) is 0 Å². The van der Waals surface area contributed by atoms with Crippen molar-refractivity contribution >= 4 is 34.6 Å². The number of carboxylic acid groups (broad SMARTS) is 1. The largest absolute Gasteiger partial charge is 0.493 e. The van der Waals surface area contributed by atoms with Crippen LogP contribution in [0, 0.1) is 0 Å². The maximum Gasteiger partial charge on any atom is 0.371 e. The van der Waals surface area contributed by atoms with Gasteiger partial charge in [-0.05, 0) is 23.8 Å². The minimum Gasteiger partial charge on any atom is -0.493 e. The van der Waals surface area contributed by atoms with Crippen molar-refractivity contribution in [1.29, 1.82) is 0 Å². The molecule has 0 aliphatic rings. The summed E-state index contributed by atoms with van der Waals surface area (Å²) in [5.74, 6) is -0.411. The fourth-order valence-corrected chi connectivity index (χ4v) is 1.41. The highest BCUT2D eigenvalue weighted by molar-refractivity contribution is 14.1. The number of alkyl halides is 1. The lowest BCUT2D eigenvalue weighted by Crippen LogP contribution is -2.06. The number of hydrogen-bond donors (Lipinski definition) is 1. The lowest BCUT2D eigenvalue weighted by atomic mass is 10.2. The van der Waals surface area contributed by atoms with E-state index < -0.39 is 5.97 Å². The van der Waals surface area contributed by atoms with Crippen LogP contribution in [0.3, 0.4) is 0 Å². The van der Waals surface area contributed by atoms with Crippen molar-refractivity contribution < 1.29 is 19.4 Å². The van der Waals surface area contributed by atoms with Crippen LogP contribution in [-0.2, 0) is 9.53 Å². The van der Waals surface area contributed by atoms with Crippen LogP contribution in [0.2, 0.25) is 0 Å². The Hall–Kier alpha value is -1.24. The summed E-state index contributed by atoms with van der Waals surface area (Å²) in [5, 5.41) is 8.82. The molecule has 98 valence electrons. The molecule has 1 N–H and O–H groups in total. The Kier molecular flexibility index (Phi) is 5.97. The van der Waals surface area contributed by atoms with Crippen molar-refractivity contribution in [1.82, 2.24) is 0 Å². The second kappa shape index (κ2) is 7.25. The van der Waals surface area contributed by atoms with Gasteiger partial charge in [0.2, 0.25) is 5.76 Å². The van der Waals surface area contributed by atoms with Gasteiger partial charge in [-0.2, -0.15) is 0 Å². The molecule has 1 aromatic rings. The summed E-state index contributed by atoms with van der Waals surface area (Å²) in [7, 11) is 1.33. The predicted molar refractivity (Wildman–Crippen MR) is 78.0 cm³/mol. The topological polar surface area (TPSA) is 55.8 Å². The van der Waals surface area contributed by atoms with Gasteiger partial charge in [-0.1, -0.05) is 41.6 Å². The monoisotopic (exact) mass is 362 g/mol. The van der Waals surface area contributed by atoms with Crippen molar-refractivity contribution in [3.63, 3.8) is 0 Å². The minimum absolute atomic E-state index is 0.0930. The highest BCUT2D eigenvalue weighted by Gasteiger charge is 2.06. The molecule has 0 aliphatic heterocycles. The van der Waals surface area contributed by atoms with Crippen LogP contribution < -0.4 is 4.74 Å². The molecule has 0 fully saturated rings. The van der Waals surface area contributed by atoms with E-state index in [-0.39, 0.29) is 5.76 Å². The van der Waals surface area contributed by atoms with Crippen molar-refractivity contribution in [3.05, 3.63) is 35.6 Å². The third-order valence-electron chi connectivity index (χ3n) is 2.09. The Morgan fingerprint density at radius 3 is 2.50 bits per heavy atom. The molecule has 0 amide bonds. The molecule has 0 heterocycles. The summed E-state index contributed by atoms with van der Waals surface area (Å²) in [6.07, 6.45) is 1.47. The maximum atomic E-state index is 10.8. The van der Waals surface area contributed by atoms with Gasteiger partial charge in [-0.15, -0.1) is 0 Å². The van der Waals surface area contributed by atoms with Gasteiger partial charge in [0, 0.05) is 3.92 Å². The maximum absolute atomic E-state index is 10.8. The molecular weight excluding hydrogens is 347 g/mol. The lowest BCUT2D eigenvalue weighted by Gasteiger charge is -2.07. The van der Waals surface area contributed by atoms with Crippen LogP contribution in [0.1, 0.15) is 12.5 Å². The summed E-state index contributed by atoms with van der Waals surface area (Å²) in [5.41, 5.74) is 0.754. The van der Waals surface area contributed by atoms with Gasteiger partial charge in [0.1, 0.15) is 5.75 Å². The summed E-state index contributed by atoms with van der Waals surface area (Å²) in [6.45, 7) is 2.71. The van der Waals surface area contributed by atoms with E-state index in [1.54, 1.807) is 24.3 Å². The van der Waals surface area contributed by atoms with E-state index in [1.807, 2.05) is 0 Å². The van der Waals surface area contributed by atoms with E-state index in [1.165, 1.54) is 13.2 Å². The van der Waals surface area contributed by atoms with E-state index in [0.717, 1.165) is 11.3 Å². The molecule has 0 radical (unpaired) electrons. The molecule has 18 heavy (non-hydrogen) atoms. The van der Waals surface area contributed by atoms with Crippen molar-refractivity contribution in [2.75, 3.05) is 13.7 Å². The van der Waals surface area contributed by atoms with Crippen LogP contribution in [0.4, 0.5) is 0 Å². The second-order valence-corrected chi connectivity index (χ2v) is 5.81. The first-order chi connectivity index (χ1) is 8.52. The number of methoxy groups -OCH3 is 1. The molecule has 4 nitrogen and oxygen atoms in total. The smallest absolute Gasteiger partial charge is 0.371 e. The summed E-state index contributed by atoms with van der Waals surface area (Å²) in [6, 6.07) is 7.18. The van der Waals surface area contributed by atoms with Crippen molar-refractivity contribution in [2.24, 2.45) is 0 Å². The number of ether oxygens (including phenoxy) is 2. The summed E-state index contributed by atoms with van der Waals surface area (Å²) in [4.78, 5) is 10.8. The van der Waals surface area contributed by atoms with E-state index in [9.17, 15) is 4.79 Å². The molecule has 1 unspecified atom stereocenters. The Bertz CT molecular complexity index is 423. The standard InChI is InChI=1S/C13H15IO4/c1-9(14)8-18-11-5-3-10(4-6-11)7-12(17-2)13(15)16/h3-7,9H,8H2,1-2H3,(H,15,16)/b12-7-. The molecule has 5 heteroatoms. The van der Waals surface area contributed by atoms with E-state index in [0.29, 0.717) is 10.5 Å². The van der Waals surface area contributed by atoms with E-state index in [4.69, 9.17) is 14.6 Å². The predicted octanol–water partition coefficient (Wildman–Crippen LogP) is 2.96. The Labute approximate surface area is 120 Å². The van der Waals surface area contributed by atoms with Gasteiger partial charge in [0.15, 0.2) is 0 Å². The highest BCUT2D eigenvalue weighted by atomic mass is 127. The van der Waals surface area contributed by atoms with Gasteiger partial charge in [-0.25, -0.2) is 4.79 Å². The Morgan fingerprint density at radius 2 is 2.06 bits per heavy atom. The highest BCUT2D eigenvalue weighted by Crippen LogP contribution is 2.16. The normalized spacial score (nSPS) is 12.9. The molecule has 1 atom stereocenters. The van der Waals surface area contributed by atoms with Gasteiger partial charge in [0.25, 0.3) is 0 Å². The minimum atomic E-state index is -1.09. The van der Waals surface area contributed by atoms with Crippen LogP contribution in [-0.4, -0.2) is 28.7 Å². The second-order valence-electron chi connectivity index (χ2n) is 3.68. The number of benzene rings is 1. The fourth-order valence-electron chi connectivity index (χ4n) is 1.23. The van der Waals surface area contributed by atoms with E-state index >= 15 is 0 Å². The number of carbonyl (C=O) groups is 1. The summed E-state index contributed by atoms with van der Waals surface area (Å²) >= 11 is 2.29. The molecule has 0 spiro atoms. The summed E-state index contributed by atoms with van der Waals surface area (Å²) < 4.78 is 10.7. The average Bonchev–Trinajstić information content (AvgIpc) is 2.34. The molecule has 0 bridgehead atoms. The molecule has 0 aromatic heterocycles. The number of rotatable bonds is 6. The zero-order valence-electron chi connectivity index (χ0n) is 10.2. The molecule has 1 rings (SSSR count). The van der Waals surface area contributed by atoms with Crippen LogP contribution in [0.5, 0.6) is 5.75 Å². The molecule has 0 saturated heterocycles. The Morgan fingerprint density at radius 1 is 1.44 bits per heavy atom. The first-order valence-corrected chi connectivity index (χ1v) is 6.63. The average molecular weight is 362 g/mol. The van der Waals surface area contributed by atoms with Crippen LogP contribution in [0.15, 0.2) is 30.0 Å². The van der Waals surface area contributed by atoms with E-state index in [2.05, 4.69) is 29.5 Å². The fraction of sp³-hybridized carbons (Fsp3) is 0.308. The van der Waals surface area contributed by atoms with Gasteiger partial charge in [0.05, 0.1) is 13.7 Å². The number of carboxylic acids is 1. The molecule has 0 saturated carbocycles. The number of hydrogen-bond acceptors (Lipinski definition) is 3.